The number of halogens is 3. The molecule has 3 aromatic heterocycles. The van der Waals surface area contributed by atoms with Gasteiger partial charge in [0.1, 0.15) is 23.2 Å². The third kappa shape index (κ3) is 3.54. The van der Waals surface area contributed by atoms with Crippen LogP contribution in [-0.2, 0) is 6.18 Å². The Hall–Kier alpha value is -2.91. The summed E-state index contributed by atoms with van der Waals surface area (Å²) < 4.78 is 41.8. The Balaban J connectivity index is 1.40. The van der Waals surface area contributed by atoms with Crippen LogP contribution in [0, 0.1) is 13.8 Å². The van der Waals surface area contributed by atoms with E-state index in [1.165, 1.54) is 0 Å². The Kier molecular flexibility index (Phi) is 4.33. The fourth-order valence-electron chi connectivity index (χ4n) is 3.87. The van der Waals surface area contributed by atoms with E-state index in [2.05, 4.69) is 25.0 Å². The Morgan fingerprint density at radius 3 is 2.23 bits per heavy atom. The molecule has 1 aliphatic carbocycles. The van der Waals surface area contributed by atoms with Crippen molar-refractivity contribution in [3.05, 3.63) is 41.1 Å². The summed E-state index contributed by atoms with van der Waals surface area (Å²) >= 11 is 0. The van der Waals surface area contributed by atoms with Gasteiger partial charge in [0.05, 0.1) is 5.69 Å². The van der Waals surface area contributed by atoms with Gasteiger partial charge in [-0.2, -0.15) is 22.8 Å². The number of piperazine rings is 1. The molecule has 3 aromatic rings. The molecule has 0 atom stereocenters. The summed E-state index contributed by atoms with van der Waals surface area (Å²) in [5.41, 5.74) is 1.74. The molecule has 10 heteroatoms. The van der Waals surface area contributed by atoms with E-state index in [0.717, 1.165) is 41.8 Å². The van der Waals surface area contributed by atoms with Crippen LogP contribution in [0.4, 0.5) is 24.8 Å². The highest BCUT2D eigenvalue weighted by Gasteiger charge is 2.37. The molecule has 0 spiro atoms. The minimum Gasteiger partial charge on any atom is -0.353 e. The molecular weight excluding hydrogens is 395 g/mol. The number of aryl methyl sites for hydroxylation is 2. The van der Waals surface area contributed by atoms with Gasteiger partial charge >= 0.3 is 6.18 Å². The average molecular weight is 417 g/mol. The van der Waals surface area contributed by atoms with E-state index < -0.39 is 11.9 Å². The summed E-state index contributed by atoms with van der Waals surface area (Å²) in [5.74, 6) is 1.69. The van der Waals surface area contributed by atoms with Crippen LogP contribution in [0.5, 0.6) is 0 Å². The van der Waals surface area contributed by atoms with E-state index in [1.807, 2.05) is 35.4 Å². The van der Waals surface area contributed by atoms with Gasteiger partial charge < -0.3 is 9.80 Å². The predicted molar refractivity (Wildman–Crippen MR) is 106 cm³/mol. The van der Waals surface area contributed by atoms with Gasteiger partial charge in [-0.1, -0.05) is 0 Å². The Bertz CT molecular complexity index is 1100. The standard InChI is InChI=1S/C20H22F3N7/c1-12-10-18(30-17(24-12)9-13(2)27-30)29-7-5-28(6-8-29)16-11-15(20(21,22)23)25-19(26-16)14-3-4-14/h9-11,14H,3-8H2,1-2H3. The number of anilines is 2. The molecule has 4 heterocycles. The van der Waals surface area contributed by atoms with E-state index in [-0.39, 0.29) is 5.92 Å². The second-order valence-corrected chi connectivity index (χ2v) is 8.03. The van der Waals surface area contributed by atoms with Crippen molar-refractivity contribution in [3.8, 4) is 0 Å². The highest BCUT2D eigenvalue weighted by Crippen LogP contribution is 2.40. The second kappa shape index (κ2) is 6.82. The van der Waals surface area contributed by atoms with Gasteiger partial charge in [0.15, 0.2) is 5.65 Å². The van der Waals surface area contributed by atoms with Crippen LogP contribution >= 0.6 is 0 Å². The summed E-state index contributed by atoms with van der Waals surface area (Å²) in [6.45, 7) is 6.32. The Labute approximate surface area is 171 Å². The average Bonchev–Trinajstić information content (AvgIpc) is 3.48. The molecule has 158 valence electrons. The van der Waals surface area contributed by atoms with Crippen molar-refractivity contribution in [2.24, 2.45) is 0 Å². The summed E-state index contributed by atoms with van der Waals surface area (Å²) in [4.78, 5) is 16.9. The molecule has 1 saturated carbocycles. The van der Waals surface area contributed by atoms with Crippen molar-refractivity contribution in [2.45, 2.75) is 38.8 Å². The number of rotatable bonds is 3. The Morgan fingerprint density at radius 1 is 0.867 bits per heavy atom. The molecule has 7 nitrogen and oxygen atoms in total. The van der Waals surface area contributed by atoms with Crippen LogP contribution in [0.2, 0.25) is 0 Å². The van der Waals surface area contributed by atoms with Crippen LogP contribution in [0.1, 0.15) is 41.7 Å². The van der Waals surface area contributed by atoms with E-state index >= 15 is 0 Å². The molecule has 5 rings (SSSR count). The molecule has 1 aliphatic heterocycles. The molecule has 0 radical (unpaired) electrons. The van der Waals surface area contributed by atoms with E-state index in [1.54, 1.807) is 0 Å². The van der Waals surface area contributed by atoms with Gasteiger partial charge in [-0.3, -0.25) is 0 Å². The smallest absolute Gasteiger partial charge is 0.353 e. The van der Waals surface area contributed by atoms with Crippen molar-refractivity contribution in [1.29, 1.82) is 0 Å². The predicted octanol–water partition coefficient (Wildman–Crippen LogP) is 3.36. The van der Waals surface area contributed by atoms with Crippen molar-refractivity contribution in [3.63, 3.8) is 0 Å². The molecule has 2 fully saturated rings. The van der Waals surface area contributed by atoms with Gasteiger partial charge in [0.25, 0.3) is 0 Å². The molecule has 30 heavy (non-hydrogen) atoms. The summed E-state index contributed by atoms with van der Waals surface area (Å²) in [5, 5.41) is 4.54. The minimum absolute atomic E-state index is 0.0588. The lowest BCUT2D eigenvalue weighted by Crippen LogP contribution is -2.47. The lowest BCUT2D eigenvalue weighted by atomic mass is 10.2. The number of hydrogen-bond acceptors (Lipinski definition) is 6. The molecule has 0 bridgehead atoms. The third-order valence-corrected chi connectivity index (χ3v) is 5.55. The van der Waals surface area contributed by atoms with Crippen LogP contribution in [0.3, 0.4) is 0 Å². The number of alkyl halides is 3. The summed E-state index contributed by atoms with van der Waals surface area (Å²) in [6, 6.07) is 5.01. The SMILES string of the molecule is Cc1cc(N2CCN(c3cc(C(F)(F)F)nc(C4CC4)n3)CC2)n2nc(C)cc2n1. The number of hydrogen-bond donors (Lipinski definition) is 0. The highest BCUT2D eigenvalue weighted by molar-refractivity contribution is 5.53. The van der Waals surface area contributed by atoms with Crippen molar-refractivity contribution >= 4 is 17.3 Å². The maximum absolute atomic E-state index is 13.3. The lowest BCUT2D eigenvalue weighted by Gasteiger charge is -2.36. The quantitative estimate of drug-likeness (QED) is 0.651. The summed E-state index contributed by atoms with van der Waals surface area (Å²) in [7, 11) is 0. The van der Waals surface area contributed by atoms with Crippen molar-refractivity contribution in [1.82, 2.24) is 24.6 Å². The van der Waals surface area contributed by atoms with Crippen LogP contribution in [-0.4, -0.2) is 50.7 Å². The van der Waals surface area contributed by atoms with Crippen molar-refractivity contribution < 1.29 is 13.2 Å². The van der Waals surface area contributed by atoms with Gasteiger partial charge in [-0.15, -0.1) is 0 Å². The molecule has 0 amide bonds. The first-order valence-corrected chi connectivity index (χ1v) is 10.1. The second-order valence-electron chi connectivity index (χ2n) is 8.03. The largest absolute Gasteiger partial charge is 0.433 e. The first-order valence-electron chi connectivity index (χ1n) is 10.1. The van der Waals surface area contributed by atoms with Gasteiger partial charge in [-0.25, -0.2) is 15.0 Å². The molecule has 0 N–H and O–H groups in total. The zero-order valence-electron chi connectivity index (χ0n) is 16.8. The van der Waals surface area contributed by atoms with Gasteiger partial charge in [0.2, 0.25) is 0 Å². The van der Waals surface area contributed by atoms with Crippen LogP contribution in [0.25, 0.3) is 5.65 Å². The molecule has 1 saturated heterocycles. The van der Waals surface area contributed by atoms with Crippen LogP contribution in [0.15, 0.2) is 18.2 Å². The first kappa shape index (κ1) is 19.1. The van der Waals surface area contributed by atoms with Gasteiger partial charge in [-0.05, 0) is 26.7 Å². The lowest BCUT2D eigenvalue weighted by molar-refractivity contribution is -0.141. The molecular formula is C20H22F3N7. The van der Waals surface area contributed by atoms with Gasteiger partial charge in [0, 0.05) is 56.0 Å². The third-order valence-electron chi connectivity index (χ3n) is 5.55. The molecule has 0 aromatic carbocycles. The maximum atomic E-state index is 13.3. The maximum Gasteiger partial charge on any atom is 0.433 e. The fourth-order valence-corrected chi connectivity index (χ4v) is 3.87. The molecule has 0 unspecified atom stereocenters. The monoisotopic (exact) mass is 417 g/mol. The van der Waals surface area contributed by atoms with E-state index in [4.69, 9.17) is 0 Å². The zero-order valence-corrected chi connectivity index (χ0v) is 16.8. The first-order chi connectivity index (χ1) is 14.3. The topological polar surface area (TPSA) is 62.5 Å². The Morgan fingerprint density at radius 2 is 1.57 bits per heavy atom. The number of fused-ring (bicyclic) bond motifs is 1. The number of nitrogens with zero attached hydrogens (tertiary/aromatic N) is 7. The van der Waals surface area contributed by atoms with E-state index in [9.17, 15) is 13.2 Å². The number of aromatic nitrogens is 5. The van der Waals surface area contributed by atoms with Crippen LogP contribution < -0.4 is 9.80 Å². The molecule has 2 aliphatic rings. The highest BCUT2D eigenvalue weighted by atomic mass is 19.4. The fraction of sp³-hybridized carbons (Fsp3) is 0.500. The van der Waals surface area contributed by atoms with E-state index in [0.29, 0.717) is 37.8 Å². The minimum atomic E-state index is -4.47. The summed E-state index contributed by atoms with van der Waals surface area (Å²) in [6.07, 6.45) is -2.76. The van der Waals surface area contributed by atoms with Crippen molar-refractivity contribution in [2.75, 3.05) is 36.0 Å². The normalized spacial score (nSPS) is 17.8. The zero-order chi connectivity index (χ0) is 21.0.